The molecular formula is C13H17Cl2NO2. The maximum Gasteiger partial charge on any atom is 0.322 e. The molecule has 2 atom stereocenters. The van der Waals surface area contributed by atoms with E-state index in [9.17, 15) is 4.79 Å². The normalized spacial score (nSPS) is 14.1. The number of carbonyl (C=O) groups is 1. The molecule has 0 fully saturated rings. The van der Waals surface area contributed by atoms with Crippen LogP contribution in [0.25, 0.3) is 0 Å². The quantitative estimate of drug-likeness (QED) is 0.842. The highest BCUT2D eigenvalue weighted by Crippen LogP contribution is 2.27. The Kier molecular flexibility index (Phi) is 5.93. The summed E-state index contributed by atoms with van der Waals surface area (Å²) in [5.41, 5.74) is 1.00. The Hall–Kier alpha value is -0.770. The van der Waals surface area contributed by atoms with Crippen LogP contribution in [-0.4, -0.2) is 19.1 Å². The average molecular weight is 290 g/mol. The van der Waals surface area contributed by atoms with Gasteiger partial charge in [0.15, 0.2) is 0 Å². The Morgan fingerprint density at radius 1 is 1.39 bits per heavy atom. The maximum absolute atomic E-state index is 11.4. The number of hydrogen-bond donors (Lipinski definition) is 1. The third-order valence-corrected chi connectivity index (χ3v) is 3.50. The molecule has 1 rings (SSSR count). The molecule has 0 aliphatic carbocycles. The molecule has 0 heterocycles. The molecular weight excluding hydrogens is 273 g/mol. The monoisotopic (exact) mass is 289 g/mol. The van der Waals surface area contributed by atoms with Crippen LogP contribution in [0.15, 0.2) is 18.2 Å². The molecule has 1 unspecified atom stereocenters. The van der Waals surface area contributed by atoms with Crippen LogP contribution in [0.1, 0.15) is 31.9 Å². The zero-order valence-electron chi connectivity index (χ0n) is 10.7. The van der Waals surface area contributed by atoms with E-state index in [-0.39, 0.29) is 18.1 Å². The molecule has 0 saturated carbocycles. The Balaban J connectivity index is 2.82. The SMILES string of the molecule is CCC(N[C@@H](C)C(=O)OC)c1ccc(Cl)c(Cl)c1. The third-order valence-electron chi connectivity index (χ3n) is 2.76. The summed E-state index contributed by atoms with van der Waals surface area (Å²) in [5, 5.41) is 4.24. The summed E-state index contributed by atoms with van der Waals surface area (Å²) < 4.78 is 4.69. The predicted octanol–water partition coefficient (Wildman–Crippen LogP) is 3.60. The summed E-state index contributed by atoms with van der Waals surface area (Å²) >= 11 is 11.9. The van der Waals surface area contributed by atoms with Crippen LogP contribution in [0.3, 0.4) is 0 Å². The van der Waals surface area contributed by atoms with Gasteiger partial charge in [-0.2, -0.15) is 0 Å². The van der Waals surface area contributed by atoms with Gasteiger partial charge in [-0.15, -0.1) is 0 Å². The average Bonchev–Trinajstić information content (AvgIpc) is 2.38. The first-order valence-electron chi connectivity index (χ1n) is 5.78. The topological polar surface area (TPSA) is 38.3 Å². The molecule has 100 valence electrons. The van der Waals surface area contributed by atoms with Crippen molar-refractivity contribution < 1.29 is 9.53 Å². The summed E-state index contributed by atoms with van der Waals surface area (Å²) in [4.78, 5) is 11.4. The number of halogens is 2. The number of methoxy groups -OCH3 is 1. The van der Waals surface area contributed by atoms with Crippen LogP contribution < -0.4 is 5.32 Å². The number of ether oxygens (including phenoxy) is 1. The molecule has 18 heavy (non-hydrogen) atoms. The van der Waals surface area contributed by atoms with Crippen molar-refractivity contribution in [3.8, 4) is 0 Å². The lowest BCUT2D eigenvalue weighted by Crippen LogP contribution is -2.37. The van der Waals surface area contributed by atoms with Crippen LogP contribution >= 0.6 is 23.2 Å². The predicted molar refractivity (Wildman–Crippen MR) is 74.1 cm³/mol. The van der Waals surface area contributed by atoms with Gasteiger partial charge in [-0.3, -0.25) is 10.1 Å². The van der Waals surface area contributed by atoms with Gasteiger partial charge in [0.2, 0.25) is 0 Å². The first kappa shape index (κ1) is 15.3. The lowest BCUT2D eigenvalue weighted by atomic mass is 10.0. The fraction of sp³-hybridized carbons (Fsp3) is 0.462. The van der Waals surface area contributed by atoms with Crippen LogP contribution in [0.2, 0.25) is 10.0 Å². The van der Waals surface area contributed by atoms with Crippen LogP contribution in [0.4, 0.5) is 0 Å². The standard InChI is InChI=1S/C13H17Cl2NO2/c1-4-12(16-8(2)13(17)18-3)9-5-6-10(14)11(15)7-9/h5-8,12,16H,4H2,1-3H3/t8-,12?/m0/s1. The molecule has 5 heteroatoms. The van der Waals surface area contributed by atoms with Gasteiger partial charge in [0.25, 0.3) is 0 Å². The third kappa shape index (κ3) is 3.87. The highest BCUT2D eigenvalue weighted by molar-refractivity contribution is 6.42. The maximum atomic E-state index is 11.4. The number of hydrogen-bond acceptors (Lipinski definition) is 3. The van der Waals surface area contributed by atoms with Gasteiger partial charge in [0.05, 0.1) is 17.2 Å². The molecule has 0 spiro atoms. The Morgan fingerprint density at radius 3 is 2.56 bits per heavy atom. The number of benzene rings is 1. The lowest BCUT2D eigenvalue weighted by molar-refractivity contribution is -0.142. The van der Waals surface area contributed by atoms with Crippen molar-refractivity contribution in [1.29, 1.82) is 0 Å². The fourth-order valence-electron chi connectivity index (χ4n) is 1.73. The minimum absolute atomic E-state index is 0.0360. The zero-order chi connectivity index (χ0) is 13.7. The number of nitrogens with one attached hydrogen (secondary N) is 1. The first-order valence-corrected chi connectivity index (χ1v) is 6.54. The van der Waals surface area contributed by atoms with Crippen LogP contribution in [-0.2, 0) is 9.53 Å². The molecule has 0 bridgehead atoms. The number of esters is 1. The van der Waals surface area contributed by atoms with Crippen LogP contribution in [0, 0.1) is 0 Å². The Labute approximate surface area is 117 Å². The summed E-state index contributed by atoms with van der Waals surface area (Å²) in [7, 11) is 1.38. The zero-order valence-corrected chi connectivity index (χ0v) is 12.2. The molecule has 1 N–H and O–H groups in total. The second kappa shape index (κ2) is 6.98. The summed E-state index contributed by atoms with van der Waals surface area (Å²) in [6.07, 6.45) is 0.833. The van der Waals surface area contributed by atoms with E-state index in [2.05, 4.69) is 10.1 Å². The van der Waals surface area contributed by atoms with E-state index in [0.717, 1.165) is 12.0 Å². The summed E-state index contributed by atoms with van der Waals surface area (Å²) in [6.45, 7) is 3.80. The van der Waals surface area contributed by atoms with E-state index in [1.54, 1.807) is 13.0 Å². The highest BCUT2D eigenvalue weighted by atomic mass is 35.5. The molecule has 0 aliphatic rings. The second-order valence-corrected chi connectivity index (χ2v) is 4.86. The minimum Gasteiger partial charge on any atom is -0.468 e. The first-order chi connectivity index (χ1) is 8.49. The van der Waals surface area contributed by atoms with E-state index in [4.69, 9.17) is 23.2 Å². The van der Waals surface area contributed by atoms with Gasteiger partial charge < -0.3 is 4.74 Å². The number of rotatable bonds is 5. The molecule has 1 aromatic carbocycles. The van der Waals surface area contributed by atoms with E-state index < -0.39 is 0 Å². The molecule has 0 aromatic heterocycles. The van der Waals surface area contributed by atoms with Gasteiger partial charge in [0, 0.05) is 6.04 Å². The molecule has 0 amide bonds. The van der Waals surface area contributed by atoms with E-state index in [1.807, 2.05) is 19.1 Å². The largest absolute Gasteiger partial charge is 0.468 e. The Bertz CT molecular complexity index is 423. The van der Waals surface area contributed by atoms with Crippen molar-refractivity contribution in [3.05, 3.63) is 33.8 Å². The van der Waals surface area contributed by atoms with Crippen molar-refractivity contribution in [2.45, 2.75) is 32.4 Å². The summed E-state index contributed by atoms with van der Waals surface area (Å²) in [6, 6.07) is 5.14. The van der Waals surface area contributed by atoms with Crippen molar-refractivity contribution >= 4 is 29.2 Å². The highest BCUT2D eigenvalue weighted by Gasteiger charge is 2.18. The number of carbonyl (C=O) groups excluding carboxylic acids is 1. The smallest absolute Gasteiger partial charge is 0.322 e. The van der Waals surface area contributed by atoms with E-state index in [0.29, 0.717) is 10.0 Å². The molecule has 0 radical (unpaired) electrons. The van der Waals surface area contributed by atoms with Gasteiger partial charge >= 0.3 is 5.97 Å². The van der Waals surface area contributed by atoms with Gasteiger partial charge in [0.1, 0.15) is 6.04 Å². The minimum atomic E-state index is -0.366. The molecule has 0 aliphatic heterocycles. The van der Waals surface area contributed by atoms with Crippen molar-refractivity contribution in [2.24, 2.45) is 0 Å². The van der Waals surface area contributed by atoms with Gasteiger partial charge in [-0.05, 0) is 31.0 Å². The van der Waals surface area contributed by atoms with Crippen LogP contribution in [0.5, 0.6) is 0 Å². The second-order valence-electron chi connectivity index (χ2n) is 4.05. The van der Waals surface area contributed by atoms with E-state index in [1.165, 1.54) is 7.11 Å². The van der Waals surface area contributed by atoms with Gasteiger partial charge in [-0.1, -0.05) is 36.2 Å². The fourth-order valence-corrected chi connectivity index (χ4v) is 2.03. The lowest BCUT2D eigenvalue weighted by Gasteiger charge is -2.21. The Morgan fingerprint density at radius 2 is 2.06 bits per heavy atom. The van der Waals surface area contributed by atoms with Crippen molar-refractivity contribution in [2.75, 3.05) is 7.11 Å². The van der Waals surface area contributed by atoms with Crippen molar-refractivity contribution in [3.63, 3.8) is 0 Å². The van der Waals surface area contributed by atoms with Gasteiger partial charge in [-0.25, -0.2) is 0 Å². The van der Waals surface area contributed by atoms with E-state index >= 15 is 0 Å². The molecule has 1 aromatic rings. The van der Waals surface area contributed by atoms with Crippen molar-refractivity contribution in [1.82, 2.24) is 5.32 Å². The molecule has 3 nitrogen and oxygen atoms in total. The molecule has 0 saturated heterocycles. The summed E-state index contributed by atoms with van der Waals surface area (Å²) in [5.74, 6) is -0.284.